The third-order valence-corrected chi connectivity index (χ3v) is 4.64. The first-order chi connectivity index (χ1) is 12.3. The summed E-state index contributed by atoms with van der Waals surface area (Å²) in [7, 11) is 1.63. The molecule has 1 aromatic carbocycles. The van der Waals surface area contributed by atoms with E-state index in [4.69, 9.17) is 4.74 Å². The van der Waals surface area contributed by atoms with E-state index in [1.807, 2.05) is 35.0 Å². The zero-order valence-electron chi connectivity index (χ0n) is 15.5. The Hall–Kier alpha value is -2.10. The van der Waals surface area contributed by atoms with E-state index in [-0.39, 0.29) is 11.8 Å². The number of ether oxygens (including phenoxy) is 1. The first-order valence-corrected chi connectivity index (χ1v) is 9.42. The summed E-state index contributed by atoms with van der Waals surface area (Å²) in [6, 6.07) is 7.19. The summed E-state index contributed by atoms with van der Waals surface area (Å²) in [6.45, 7) is 2.24. The molecule has 4 nitrogen and oxygen atoms in total. The quantitative estimate of drug-likeness (QED) is 0.380. The molecule has 1 heterocycles. The molecule has 136 valence electrons. The summed E-state index contributed by atoms with van der Waals surface area (Å²) >= 11 is 0. The molecule has 0 amide bonds. The molecule has 1 unspecified atom stereocenters. The molecule has 0 aliphatic carbocycles. The number of hydrogen-bond donors (Lipinski definition) is 0. The normalized spacial score (nSPS) is 12.1. The predicted octanol–water partition coefficient (Wildman–Crippen LogP) is 5.46. The second-order valence-corrected chi connectivity index (χ2v) is 6.53. The fourth-order valence-electron chi connectivity index (χ4n) is 3.11. The SMILES string of the molecule is CCCCCCCCCC(C(=O)c1ccc(OC)cc1)n1ccnc1. The standard InChI is InChI=1S/C21H30N2O2/c1-3-4-5-6-7-8-9-10-20(23-16-15-22-17-23)21(24)18-11-13-19(25-2)14-12-18/h11-17,20H,3-10H2,1-2H3. The zero-order valence-corrected chi connectivity index (χ0v) is 15.5. The number of ketones is 1. The third-order valence-electron chi connectivity index (χ3n) is 4.64. The van der Waals surface area contributed by atoms with Crippen molar-refractivity contribution < 1.29 is 9.53 Å². The van der Waals surface area contributed by atoms with Crippen LogP contribution in [0.3, 0.4) is 0 Å². The molecule has 0 aliphatic rings. The molecule has 25 heavy (non-hydrogen) atoms. The first-order valence-electron chi connectivity index (χ1n) is 9.42. The number of Topliss-reactive ketones (excluding diaryl/α,β-unsaturated/α-hetero) is 1. The van der Waals surface area contributed by atoms with Crippen molar-refractivity contribution >= 4 is 5.78 Å². The maximum absolute atomic E-state index is 13.0. The van der Waals surface area contributed by atoms with Crippen LogP contribution >= 0.6 is 0 Å². The Kier molecular flexibility index (Phi) is 8.23. The molecule has 0 N–H and O–H groups in total. The number of methoxy groups -OCH3 is 1. The smallest absolute Gasteiger partial charge is 0.185 e. The van der Waals surface area contributed by atoms with E-state index < -0.39 is 0 Å². The van der Waals surface area contributed by atoms with Crippen molar-refractivity contribution in [2.45, 2.75) is 64.3 Å². The van der Waals surface area contributed by atoms with Gasteiger partial charge in [-0.25, -0.2) is 4.98 Å². The lowest BCUT2D eigenvalue weighted by molar-refractivity contribution is 0.0917. The molecule has 0 radical (unpaired) electrons. The highest BCUT2D eigenvalue weighted by molar-refractivity contribution is 5.99. The van der Waals surface area contributed by atoms with E-state index in [1.54, 1.807) is 19.6 Å². The van der Waals surface area contributed by atoms with Gasteiger partial charge < -0.3 is 9.30 Å². The van der Waals surface area contributed by atoms with Gasteiger partial charge in [-0.05, 0) is 30.7 Å². The van der Waals surface area contributed by atoms with Crippen LogP contribution in [0.5, 0.6) is 5.75 Å². The number of aromatic nitrogens is 2. The topological polar surface area (TPSA) is 44.1 Å². The summed E-state index contributed by atoms with van der Waals surface area (Å²) in [5, 5.41) is 0. The predicted molar refractivity (Wildman–Crippen MR) is 101 cm³/mol. The highest BCUT2D eigenvalue weighted by Gasteiger charge is 2.21. The van der Waals surface area contributed by atoms with Crippen LogP contribution in [0.15, 0.2) is 43.0 Å². The summed E-state index contributed by atoms with van der Waals surface area (Å²) in [5.74, 6) is 0.912. The summed E-state index contributed by atoms with van der Waals surface area (Å²) < 4.78 is 7.11. The maximum atomic E-state index is 13.0. The van der Waals surface area contributed by atoms with Crippen LogP contribution in [0.2, 0.25) is 0 Å². The Labute approximate surface area is 151 Å². The molecule has 0 aliphatic heterocycles. The van der Waals surface area contributed by atoms with Crippen molar-refractivity contribution in [3.05, 3.63) is 48.5 Å². The van der Waals surface area contributed by atoms with Gasteiger partial charge in [0.2, 0.25) is 0 Å². The number of hydrogen-bond acceptors (Lipinski definition) is 3. The molecule has 0 bridgehead atoms. The van der Waals surface area contributed by atoms with Gasteiger partial charge >= 0.3 is 0 Å². The van der Waals surface area contributed by atoms with Crippen molar-refractivity contribution in [2.24, 2.45) is 0 Å². The van der Waals surface area contributed by atoms with Gasteiger partial charge in [0.25, 0.3) is 0 Å². The van der Waals surface area contributed by atoms with E-state index >= 15 is 0 Å². The lowest BCUT2D eigenvalue weighted by Gasteiger charge is -2.17. The summed E-state index contributed by atoms with van der Waals surface area (Å²) in [5.41, 5.74) is 0.724. The number of unbranched alkanes of at least 4 members (excludes halogenated alkanes) is 6. The molecule has 2 aromatic rings. The molecule has 1 atom stereocenters. The Morgan fingerprint density at radius 3 is 2.36 bits per heavy atom. The molecule has 4 heteroatoms. The fraction of sp³-hybridized carbons (Fsp3) is 0.524. The lowest BCUT2D eigenvalue weighted by Crippen LogP contribution is -2.19. The van der Waals surface area contributed by atoms with Gasteiger partial charge in [0, 0.05) is 18.0 Å². The van der Waals surface area contributed by atoms with Gasteiger partial charge in [-0.3, -0.25) is 4.79 Å². The van der Waals surface area contributed by atoms with E-state index in [2.05, 4.69) is 11.9 Å². The van der Waals surface area contributed by atoms with Crippen LogP contribution in [0.1, 0.15) is 74.7 Å². The number of imidazole rings is 1. The first kappa shape index (κ1) is 19.2. The van der Waals surface area contributed by atoms with Crippen LogP contribution < -0.4 is 4.74 Å². The van der Waals surface area contributed by atoms with Crippen LogP contribution in [-0.2, 0) is 0 Å². The second kappa shape index (κ2) is 10.7. The third kappa shape index (κ3) is 6.04. The van der Waals surface area contributed by atoms with E-state index in [1.165, 1.54) is 38.5 Å². The molecule has 0 saturated carbocycles. The van der Waals surface area contributed by atoms with Gasteiger partial charge in [-0.2, -0.15) is 0 Å². The Bertz CT molecular complexity index is 605. The molecule has 2 rings (SSSR count). The van der Waals surface area contributed by atoms with Crippen LogP contribution in [0.4, 0.5) is 0 Å². The van der Waals surface area contributed by atoms with Crippen LogP contribution in [-0.4, -0.2) is 22.4 Å². The molecule has 0 saturated heterocycles. The second-order valence-electron chi connectivity index (χ2n) is 6.53. The Morgan fingerprint density at radius 1 is 1.08 bits per heavy atom. The van der Waals surface area contributed by atoms with E-state index in [9.17, 15) is 4.79 Å². The van der Waals surface area contributed by atoms with Gasteiger partial charge in [-0.1, -0.05) is 51.9 Å². The molecule has 0 spiro atoms. The highest BCUT2D eigenvalue weighted by Crippen LogP contribution is 2.23. The number of carbonyl (C=O) groups is 1. The number of nitrogens with zero attached hydrogens (tertiary/aromatic N) is 2. The van der Waals surface area contributed by atoms with Gasteiger partial charge in [0.1, 0.15) is 5.75 Å². The van der Waals surface area contributed by atoms with Crippen LogP contribution in [0.25, 0.3) is 0 Å². The minimum absolute atomic E-state index is 0.145. The van der Waals surface area contributed by atoms with Crippen LogP contribution in [0, 0.1) is 0 Å². The van der Waals surface area contributed by atoms with Gasteiger partial charge in [0.05, 0.1) is 19.5 Å². The number of rotatable bonds is 12. The summed E-state index contributed by atoms with van der Waals surface area (Å²) in [4.78, 5) is 17.1. The molecular formula is C21H30N2O2. The fourth-order valence-corrected chi connectivity index (χ4v) is 3.11. The average Bonchev–Trinajstić information content (AvgIpc) is 3.18. The van der Waals surface area contributed by atoms with Crippen molar-refractivity contribution in [2.75, 3.05) is 7.11 Å². The zero-order chi connectivity index (χ0) is 17.9. The van der Waals surface area contributed by atoms with Gasteiger partial charge in [0.15, 0.2) is 5.78 Å². The molecule has 0 fully saturated rings. The van der Waals surface area contributed by atoms with Crippen molar-refractivity contribution in [1.29, 1.82) is 0 Å². The highest BCUT2D eigenvalue weighted by atomic mass is 16.5. The lowest BCUT2D eigenvalue weighted by atomic mass is 9.98. The largest absolute Gasteiger partial charge is 0.497 e. The van der Waals surface area contributed by atoms with E-state index in [0.717, 1.165) is 24.2 Å². The molecule has 1 aromatic heterocycles. The summed E-state index contributed by atoms with van der Waals surface area (Å²) in [6.07, 6.45) is 15.0. The van der Waals surface area contributed by atoms with Crippen molar-refractivity contribution in [3.8, 4) is 5.75 Å². The van der Waals surface area contributed by atoms with Crippen molar-refractivity contribution in [3.63, 3.8) is 0 Å². The monoisotopic (exact) mass is 342 g/mol. The average molecular weight is 342 g/mol. The van der Waals surface area contributed by atoms with Crippen molar-refractivity contribution in [1.82, 2.24) is 9.55 Å². The number of benzene rings is 1. The maximum Gasteiger partial charge on any atom is 0.185 e. The number of carbonyl (C=O) groups excluding carboxylic acids is 1. The minimum atomic E-state index is -0.175. The van der Waals surface area contributed by atoms with E-state index in [0.29, 0.717) is 0 Å². The molecular weight excluding hydrogens is 312 g/mol. The Morgan fingerprint density at radius 2 is 1.76 bits per heavy atom. The Balaban J connectivity index is 1.92. The van der Waals surface area contributed by atoms with Gasteiger partial charge in [-0.15, -0.1) is 0 Å². The minimum Gasteiger partial charge on any atom is -0.497 e.